The first-order chi connectivity index (χ1) is 12.3. The summed E-state index contributed by atoms with van der Waals surface area (Å²) < 4.78 is 13.1. The highest BCUT2D eigenvalue weighted by Gasteiger charge is 2.36. The van der Waals surface area contributed by atoms with Gasteiger partial charge in [0.15, 0.2) is 5.54 Å². The lowest BCUT2D eigenvalue weighted by Crippen LogP contribution is -2.52. The van der Waals surface area contributed by atoms with E-state index in [-0.39, 0.29) is 18.0 Å². The molecular weight excluding hydrogens is 339 g/mol. The molecule has 0 spiro atoms. The Morgan fingerprint density at radius 1 is 1.15 bits per heavy atom. The van der Waals surface area contributed by atoms with Crippen LogP contribution in [0.15, 0.2) is 24.3 Å². The fraction of sp³-hybridized carbons (Fsp3) is 0.526. The van der Waals surface area contributed by atoms with Gasteiger partial charge in [0.2, 0.25) is 11.8 Å². The summed E-state index contributed by atoms with van der Waals surface area (Å²) in [5.74, 6) is -2.02. The fourth-order valence-electron chi connectivity index (χ4n) is 3.26. The number of rotatable bonds is 8. The van der Waals surface area contributed by atoms with E-state index in [4.69, 9.17) is 0 Å². The Labute approximate surface area is 152 Å². The Hall–Kier alpha value is -2.44. The number of carboxylic acids is 1. The molecule has 2 amide bonds. The van der Waals surface area contributed by atoms with Gasteiger partial charge in [-0.1, -0.05) is 37.8 Å². The van der Waals surface area contributed by atoms with Gasteiger partial charge in [0.05, 0.1) is 6.54 Å². The van der Waals surface area contributed by atoms with E-state index in [0.29, 0.717) is 12.3 Å². The number of amides is 2. The first-order valence-electron chi connectivity index (χ1n) is 8.88. The monoisotopic (exact) mass is 364 g/mol. The third-order valence-electron chi connectivity index (χ3n) is 4.94. The van der Waals surface area contributed by atoms with Gasteiger partial charge >= 0.3 is 5.97 Å². The van der Waals surface area contributed by atoms with Gasteiger partial charge in [0, 0.05) is 6.42 Å². The van der Waals surface area contributed by atoms with E-state index in [9.17, 15) is 23.9 Å². The lowest BCUT2D eigenvalue weighted by Gasteiger charge is -2.27. The molecule has 1 aromatic carbocycles. The van der Waals surface area contributed by atoms with Crippen molar-refractivity contribution in [2.75, 3.05) is 6.54 Å². The van der Waals surface area contributed by atoms with Gasteiger partial charge in [-0.3, -0.25) is 9.59 Å². The second-order valence-corrected chi connectivity index (χ2v) is 6.95. The molecule has 26 heavy (non-hydrogen) atoms. The maximum absolute atomic E-state index is 13.1. The van der Waals surface area contributed by atoms with Crippen LogP contribution in [0.1, 0.15) is 51.0 Å². The SMILES string of the molecule is CC(NC(=O)CNC(=O)CCC1CCCC1)(C(=O)O)c1ccc(F)cc1. The van der Waals surface area contributed by atoms with Crippen LogP contribution in [0.2, 0.25) is 0 Å². The predicted octanol–water partition coefficient (Wildman–Crippen LogP) is 2.33. The summed E-state index contributed by atoms with van der Waals surface area (Å²) in [7, 11) is 0. The van der Waals surface area contributed by atoms with Crippen LogP contribution in [0.3, 0.4) is 0 Å². The molecule has 1 aliphatic rings. The van der Waals surface area contributed by atoms with Crippen LogP contribution in [0.25, 0.3) is 0 Å². The molecule has 0 aliphatic heterocycles. The zero-order valence-electron chi connectivity index (χ0n) is 14.9. The molecule has 0 radical (unpaired) electrons. The van der Waals surface area contributed by atoms with E-state index in [2.05, 4.69) is 10.6 Å². The van der Waals surface area contributed by atoms with Crippen LogP contribution in [0, 0.1) is 11.7 Å². The third kappa shape index (κ3) is 5.28. The lowest BCUT2D eigenvalue weighted by molar-refractivity contribution is -0.147. The molecule has 142 valence electrons. The second kappa shape index (κ2) is 8.78. The Bertz CT molecular complexity index is 656. The molecule has 1 unspecified atom stereocenters. The Kier molecular flexibility index (Phi) is 6.71. The largest absolute Gasteiger partial charge is 0.479 e. The predicted molar refractivity (Wildman–Crippen MR) is 93.7 cm³/mol. The van der Waals surface area contributed by atoms with Gasteiger partial charge < -0.3 is 15.7 Å². The highest BCUT2D eigenvalue weighted by molar-refractivity contribution is 5.90. The molecule has 1 saturated carbocycles. The van der Waals surface area contributed by atoms with Crippen LogP contribution < -0.4 is 10.6 Å². The number of benzene rings is 1. The first kappa shape index (κ1) is 19.9. The number of carbonyl (C=O) groups is 3. The van der Waals surface area contributed by atoms with Crippen molar-refractivity contribution in [2.24, 2.45) is 5.92 Å². The molecule has 1 atom stereocenters. The fourth-order valence-corrected chi connectivity index (χ4v) is 3.26. The minimum atomic E-state index is -1.71. The molecule has 1 aromatic rings. The molecule has 3 N–H and O–H groups in total. The van der Waals surface area contributed by atoms with Crippen molar-refractivity contribution in [1.82, 2.24) is 10.6 Å². The maximum Gasteiger partial charge on any atom is 0.333 e. The molecule has 0 heterocycles. The van der Waals surface area contributed by atoms with Crippen molar-refractivity contribution in [3.8, 4) is 0 Å². The topological polar surface area (TPSA) is 95.5 Å². The molecule has 0 bridgehead atoms. The van der Waals surface area contributed by atoms with Gasteiger partial charge in [-0.2, -0.15) is 0 Å². The van der Waals surface area contributed by atoms with Gasteiger partial charge in [-0.05, 0) is 37.0 Å². The van der Waals surface area contributed by atoms with Crippen molar-refractivity contribution in [2.45, 2.75) is 51.0 Å². The lowest BCUT2D eigenvalue weighted by atomic mass is 9.92. The average molecular weight is 364 g/mol. The maximum atomic E-state index is 13.1. The van der Waals surface area contributed by atoms with Crippen LogP contribution in [0.5, 0.6) is 0 Å². The minimum absolute atomic E-state index is 0.217. The van der Waals surface area contributed by atoms with Crippen LogP contribution in [-0.4, -0.2) is 29.4 Å². The van der Waals surface area contributed by atoms with E-state index in [1.54, 1.807) is 0 Å². The number of carbonyl (C=O) groups excluding carboxylic acids is 2. The van der Waals surface area contributed by atoms with E-state index in [1.807, 2.05) is 0 Å². The molecule has 2 rings (SSSR count). The van der Waals surface area contributed by atoms with Crippen LogP contribution >= 0.6 is 0 Å². The minimum Gasteiger partial charge on any atom is -0.479 e. The summed E-state index contributed by atoms with van der Waals surface area (Å²) in [4.78, 5) is 35.6. The molecule has 0 aromatic heterocycles. The molecular formula is C19H25FN2O4. The van der Waals surface area contributed by atoms with Crippen molar-refractivity contribution in [3.05, 3.63) is 35.6 Å². The number of hydrogen-bond donors (Lipinski definition) is 3. The zero-order chi connectivity index (χ0) is 19.2. The highest BCUT2D eigenvalue weighted by Crippen LogP contribution is 2.28. The number of halogens is 1. The normalized spacial score (nSPS) is 16.7. The van der Waals surface area contributed by atoms with Crippen LogP contribution in [0.4, 0.5) is 4.39 Å². The van der Waals surface area contributed by atoms with E-state index in [0.717, 1.165) is 31.4 Å². The molecule has 6 nitrogen and oxygen atoms in total. The number of carboxylic acid groups (broad SMARTS) is 1. The van der Waals surface area contributed by atoms with Gasteiger partial charge in [-0.25, -0.2) is 9.18 Å². The van der Waals surface area contributed by atoms with E-state index >= 15 is 0 Å². The number of hydrogen-bond acceptors (Lipinski definition) is 3. The number of nitrogens with one attached hydrogen (secondary N) is 2. The van der Waals surface area contributed by atoms with Crippen molar-refractivity contribution < 1.29 is 23.9 Å². The van der Waals surface area contributed by atoms with Crippen LogP contribution in [-0.2, 0) is 19.9 Å². The summed E-state index contributed by atoms with van der Waals surface area (Å²) in [5, 5.41) is 14.4. The van der Waals surface area contributed by atoms with Crippen molar-refractivity contribution in [3.63, 3.8) is 0 Å². The zero-order valence-corrected chi connectivity index (χ0v) is 14.9. The summed E-state index contributed by atoms with van der Waals surface area (Å²) in [6.45, 7) is 1.02. The number of aliphatic carboxylic acids is 1. The van der Waals surface area contributed by atoms with Gasteiger partial charge in [0.25, 0.3) is 0 Å². The van der Waals surface area contributed by atoms with Crippen molar-refractivity contribution >= 4 is 17.8 Å². The smallest absolute Gasteiger partial charge is 0.333 e. The Morgan fingerprint density at radius 2 is 1.77 bits per heavy atom. The average Bonchev–Trinajstić information content (AvgIpc) is 3.12. The molecule has 1 fully saturated rings. The molecule has 1 aliphatic carbocycles. The van der Waals surface area contributed by atoms with E-state index < -0.39 is 23.2 Å². The highest BCUT2D eigenvalue weighted by atomic mass is 19.1. The first-order valence-corrected chi connectivity index (χ1v) is 8.88. The van der Waals surface area contributed by atoms with Gasteiger partial charge in [0.1, 0.15) is 5.82 Å². The van der Waals surface area contributed by atoms with Gasteiger partial charge in [-0.15, -0.1) is 0 Å². The third-order valence-corrected chi connectivity index (χ3v) is 4.94. The Balaban J connectivity index is 1.86. The quantitative estimate of drug-likeness (QED) is 0.660. The summed E-state index contributed by atoms with van der Waals surface area (Å²) in [6.07, 6.45) is 5.92. The Morgan fingerprint density at radius 3 is 2.35 bits per heavy atom. The molecule has 7 heteroatoms. The summed E-state index contributed by atoms with van der Waals surface area (Å²) in [6, 6.07) is 4.88. The summed E-state index contributed by atoms with van der Waals surface area (Å²) >= 11 is 0. The summed E-state index contributed by atoms with van der Waals surface area (Å²) in [5.41, 5.74) is -1.47. The molecule has 0 saturated heterocycles. The van der Waals surface area contributed by atoms with Crippen molar-refractivity contribution in [1.29, 1.82) is 0 Å². The standard InChI is InChI=1S/C19H25FN2O4/c1-19(18(25)26,14-7-9-15(20)10-8-14)22-17(24)12-21-16(23)11-6-13-4-2-3-5-13/h7-10,13H,2-6,11-12H2,1H3,(H,21,23)(H,22,24)(H,25,26). The second-order valence-electron chi connectivity index (χ2n) is 6.95. The van der Waals surface area contributed by atoms with E-state index in [1.165, 1.54) is 31.9 Å².